The first-order chi connectivity index (χ1) is 9.69. The van der Waals surface area contributed by atoms with Crippen molar-refractivity contribution in [3.8, 4) is 0 Å². The molecule has 2 rings (SSSR count). The van der Waals surface area contributed by atoms with Crippen molar-refractivity contribution in [3.63, 3.8) is 0 Å². The fourth-order valence-electron chi connectivity index (χ4n) is 2.84. The second-order valence-corrected chi connectivity index (χ2v) is 5.63. The summed E-state index contributed by atoms with van der Waals surface area (Å²) in [5.41, 5.74) is 0.841. The van der Waals surface area contributed by atoms with Crippen LogP contribution >= 0.6 is 0 Å². The molecule has 0 amide bonds. The van der Waals surface area contributed by atoms with Crippen LogP contribution in [-0.2, 0) is 6.54 Å². The maximum Gasteiger partial charge on any atom is 0.159 e. The standard InChI is InChI=1S/C16H24F2N2/c1-2-9-20(12-14-5-3-4-8-19-14)11-13-6-7-15(17)16(18)10-13/h6-7,10,14,19H,2-5,8-9,11-12H2,1H3. The van der Waals surface area contributed by atoms with E-state index in [1.165, 1.54) is 31.4 Å². The largest absolute Gasteiger partial charge is 0.313 e. The van der Waals surface area contributed by atoms with Gasteiger partial charge in [-0.2, -0.15) is 0 Å². The Bertz CT molecular complexity index is 417. The van der Waals surface area contributed by atoms with Crippen molar-refractivity contribution in [2.75, 3.05) is 19.6 Å². The second kappa shape index (κ2) is 7.70. The van der Waals surface area contributed by atoms with Crippen molar-refractivity contribution in [2.45, 2.75) is 45.2 Å². The van der Waals surface area contributed by atoms with Gasteiger partial charge in [0.1, 0.15) is 0 Å². The summed E-state index contributed by atoms with van der Waals surface area (Å²) in [6, 6.07) is 4.73. The highest BCUT2D eigenvalue weighted by atomic mass is 19.2. The Balaban J connectivity index is 1.94. The minimum absolute atomic E-state index is 0.528. The van der Waals surface area contributed by atoms with Gasteiger partial charge in [0.2, 0.25) is 0 Å². The van der Waals surface area contributed by atoms with Crippen LogP contribution in [0.25, 0.3) is 0 Å². The molecule has 1 aliphatic rings. The monoisotopic (exact) mass is 282 g/mol. The van der Waals surface area contributed by atoms with Crippen molar-refractivity contribution >= 4 is 0 Å². The van der Waals surface area contributed by atoms with Crippen molar-refractivity contribution < 1.29 is 8.78 Å². The maximum absolute atomic E-state index is 13.3. The zero-order valence-electron chi connectivity index (χ0n) is 12.2. The van der Waals surface area contributed by atoms with Crippen LogP contribution in [0.3, 0.4) is 0 Å². The summed E-state index contributed by atoms with van der Waals surface area (Å²) >= 11 is 0. The average molecular weight is 282 g/mol. The quantitative estimate of drug-likeness (QED) is 0.861. The molecule has 1 saturated heterocycles. The van der Waals surface area contributed by atoms with E-state index in [2.05, 4.69) is 17.1 Å². The molecule has 2 nitrogen and oxygen atoms in total. The van der Waals surface area contributed by atoms with Crippen LogP contribution in [0, 0.1) is 11.6 Å². The lowest BCUT2D eigenvalue weighted by Gasteiger charge is -2.30. The third-order valence-corrected chi connectivity index (χ3v) is 3.82. The van der Waals surface area contributed by atoms with Crippen LogP contribution in [0.1, 0.15) is 38.2 Å². The molecule has 0 saturated carbocycles. The summed E-state index contributed by atoms with van der Waals surface area (Å²) in [4.78, 5) is 2.33. The predicted molar refractivity (Wildman–Crippen MR) is 77.6 cm³/mol. The molecule has 1 N–H and O–H groups in total. The predicted octanol–water partition coefficient (Wildman–Crippen LogP) is 3.32. The Morgan fingerprint density at radius 3 is 2.75 bits per heavy atom. The number of halogens is 2. The van der Waals surface area contributed by atoms with Gasteiger partial charge in [-0.25, -0.2) is 8.78 Å². The molecular weight excluding hydrogens is 258 g/mol. The van der Waals surface area contributed by atoms with Crippen molar-refractivity contribution in [1.29, 1.82) is 0 Å². The molecule has 20 heavy (non-hydrogen) atoms. The Morgan fingerprint density at radius 2 is 2.10 bits per heavy atom. The molecular formula is C16H24F2N2. The summed E-state index contributed by atoms with van der Waals surface area (Å²) in [6.45, 7) is 5.88. The number of benzene rings is 1. The minimum atomic E-state index is -0.773. The van der Waals surface area contributed by atoms with E-state index in [9.17, 15) is 8.78 Å². The lowest BCUT2D eigenvalue weighted by molar-refractivity contribution is 0.217. The third-order valence-electron chi connectivity index (χ3n) is 3.82. The second-order valence-electron chi connectivity index (χ2n) is 5.63. The van der Waals surface area contributed by atoms with Crippen LogP contribution in [0.2, 0.25) is 0 Å². The summed E-state index contributed by atoms with van der Waals surface area (Å²) in [5.74, 6) is -1.53. The van der Waals surface area contributed by atoms with Crippen molar-refractivity contribution in [1.82, 2.24) is 10.2 Å². The molecule has 112 valence electrons. The zero-order chi connectivity index (χ0) is 14.4. The lowest BCUT2D eigenvalue weighted by atomic mass is 10.0. The molecule has 0 aliphatic carbocycles. The van der Waals surface area contributed by atoms with E-state index in [1.54, 1.807) is 6.07 Å². The topological polar surface area (TPSA) is 15.3 Å². The van der Waals surface area contributed by atoms with Crippen LogP contribution in [-0.4, -0.2) is 30.6 Å². The zero-order valence-corrected chi connectivity index (χ0v) is 12.2. The van der Waals surface area contributed by atoms with Gasteiger partial charge >= 0.3 is 0 Å². The van der Waals surface area contributed by atoms with Gasteiger partial charge in [0.15, 0.2) is 11.6 Å². The maximum atomic E-state index is 13.3. The van der Waals surface area contributed by atoms with Crippen LogP contribution in [0.5, 0.6) is 0 Å². The highest BCUT2D eigenvalue weighted by Crippen LogP contribution is 2.14. The van der Waals surface area contributed by atoms with Crippen molar-refractivity contribution in [3.05, 3.63) is 35.4 Å². The molecule has 0 aromatic heterocycles. The highest BCUT2D eigenvalue weighted by Gasteiger charge is 2.16. The van der Waals surface area contributed by atoms with E-state index in [1.807, 2.05) is 0 Å². The Morgan fingerprint density at radius 1 is 1.25 bits per heavy atom. The number of rotatable bonds is 6. The fraction of sp³-hybridized carbons (Fsp3) is 0.625. The highest BCUT2D eigenvalue weighted by molar-refractivity contribution is 5.17. The van der Waals surface area contributed by atoms with E-state index in [0.717, 1.165) is 31.6 Å². The summed E-state index contributed by atoms with van der Waals surface area (Å²) in [6.07, 6.45) is 4.81. The normalized spacial score (nSPS) is 19.5. The molecule has 1 fully saturated rings. The SMILES string of the molecule is CCCN(Cc1ccc(F)c(F)c1)CC1CCCCN1. The molecule has 1 atom stereocenters. The lowest BCUT2D eigenvalue weighted by Crippen LogP contribution is -2.43. The molecule has 0 spiro atoms. The minimum Gasteiger partial charge on any atom is -0.313 e. The number of piperidine rings is 1. The molecule has 1 aliphatic heterocycles. The van der Waals surface area contributed by atoms with Gasteiger partial charge < -0.3 is 5.32 Å². The molecule has 1 aromatic rings. The Hall–Kier alpha value is -1.00. The molecule has 0 radical (unpaired) electrons. The average Bonchev–Trinajstić information content (AvgIpc) is 2.44. The van der Waals surface area contributed by atoms with Gasteiger partial charge in [0.25, 0.3) is 0 Å². The van der Waals surface area contributed by atoms with E-state index < -0.39 is 11.6 Å². The van der Waals surface area contributed by atoms with E-state index in [4.69, 9.17) is 0 Å². The molecule has 1 heterocycles. The first-order valence-corrected chi connectivity index (χ1v) is 7.58. The summed E-state index contributed by atoms with van der Waals surface area (Å²) < 4.78 is 26.2. The molecule has 1 unspecified atom stereocenters. The Kier molecular flexibility index (Phi) is 5.92. The van der Waals surface area contributed by atoms with Crippen molar-refractivity contribution in [2.24, 2.45) is 0 Å². The van der Waals surface area contributed by atoms with Crippen LogP contribution in [0.4, 0.5) is 8.78 Å². The van der Waals surface area contributed by atoms with Gasteiger partial charge in [-0.05, 0) is 50.0 Å². The summed E-state index contributed by atoms with van der Waals surface area (Å²) in [5, 5.41) is 3.54. The van der Waals surface area contributed by atoms with E-state index in [-0.39, 0.29) is 0 Å². The van der Waals surface area contributed by atoms with Gasteiger partial charge in [0.05, 0.1) is 0 Å². The third kappa shape index (κ3) is 4.53. The van der Waals surface area contributed by atoms with Crippen LogP contribution in [0.15, 0.2) is 18.2 Å². The van der Waals surface area contributed by atoms with Crippen LogP contribution < -0.4 is 5.32 Å². The van der Waals surface area contributed by atoms with Gasteiger partial charge in [-0.15, -0.1) is 0 Å². The molecule has 1 aromatic carbocycles. The smallest absolute Gasteiger partial charge is 0.159 e. The van der Waals surface area contributed by atoms with E-state index in [0.29, 0.717) is 12.6 Å². The fourth-order valence-corrected chi connectivity index (χ4v) is 2.84. The first kappa shape index (κ1) is 15.4. The Labute approximate surface area is 120 Å². The van der Waals surface area contributed by atoms with E-state index >= 15 is 0 Å². The molecule has 0 bridgehead atoms. The van der Waals surface area contributed by atoms with Gasteiger partial charge in [-0.3, -0.25) is 4.90 Å². The van der Waals surface area contributed by atoms with Gasteiger partial charge in [-0.1, -0.05) is 19.4 Å². The number of nitrogens with one attached hydrogen (secondary N) is 1. The first-order valence-electron chi connectivity index (χ1n) is 7.58. The van der Waals surface area contributed by atoms with Gasteiger partial charge in [0, 0.05) is 19.1 Å². The molecule has 4 heteroatoms. The summed E-state index contributed by atoms with van der Waals surface area (Å²) in [7, 11) is 0. The number of nitrogens with zero attached hydrogens (tertiary/aromatic N) is 1. The number of hydrogen-bond donors (Lipinski definition) is 1. The number of hydrogen-bond acceptors (Lipinski definition) is 2.